The summed E-state index contributed by atoms with van der Waals surface area (Å²) in [7, 11) is 0. The van der Waals surface area contributed by atoms with Crippen LogP contribution in [0, 0.1) is 11.3 Å². The summed E-state index contributed by atoms with van der Waals surface area (Å²) in [6, 6.07) is 68.1. The Labute approximate surface area is 306 Å². The molecule has 0 N–H and O–H groups in total. The van der Waals surface area contributed by atoms with Gasteiger partial charge in [-0.15, -0.1) is 0 Å². The van der Waals surface area contributed by atoms with Crippen LogP contribution in [0.3, 0.4) is 0 Å². The molecule has 11 rings (SSSR count). The van der Waals surface area contributed by atoms with Crippen molar-refractivity contribution in [2.24, 2.45) is 0 Å². The molecule has 11 aromatic carbocycles. The smallest absolute Gasteiger partial charge is 0.0991 e. The number of nitriles is 1. The third kappa shape index (κ3) is 4.51. The largest absolute Gasteiger partial charge is 0.310 e. The summed E-state index contributed by atoms with van der Waals surface area (Å²) in [6.45, 7) is 0. The molecule has 0 saturated heterocycles. The third-order valence-electron chi connectivity index (χ3n) is 11.1. The average molecular weight is 671 g/mol. The van der Waals surface area contributed by atoms with Crippen molar-refractivity contribution in [2.75, 3.05) is 4.90 Å². The molecule has 0 aliphatic rings. The monoisotopic (exact) mass is 670 g/mol. The van der Waals surface area contributed by atoms with Crippen LogP contribution in [-0.4, -0.2) is 0 Å². The number of hydrogen-bond acceptors (Lipinski definition) is 2. The quantitative estimate of drug-likeness (QED) is 0.170. The number of hydrogen-bond donors (Lipinski definition) is 0. The predicted molar refractivity (Wildman–Crippen MR) is 224 cm³/mol. The van der Waals surface area contributed by atoms with Gasteiger partial charge in [0.2, 0.25) is 0 Å². The first kappa shape index (κ1) is 29.5. The van der Waals surface area contributed by atoms with Gasteiger partial charge in [0.15, 0.2) is 0 Å². The van der Waals surface area contributed by atoms with Crippen molar-refractivity contribution in [2.45, 2.75) is 0 Å². The average Bonchev–Trinajstić information content (AvgIpc) is 3.22. The molecule has 2 heteroatoms. The standard InChI is InChI=1S/C51H30N2/c52-31-32-13-23-41(24-14-32)53(42-11-3-9-39(29-42)44-25-19-37-17-15-33-5-1-7-35-21-27-46(44)50(37)48(33)35)43-12-4-10-40(30-43)45-26-20-38-18-16-34-6-2-8-36-22-28-47(45)51(38)49(34)36/h1-30H. The van der Waals surface area contributed by atoms with Gasteiger partial charge in [-0.1, -0.05) is 133 Å². The van der Waals surface area contributed by atoms with Gasteiger partial charge in [0, 0.05) is 17.1 Å². The summed E-state index contributed by atoms with van der Waals surface area (Å²) in [5.41, 5.74) is 8.45. The van der Waals surface area contributed by atoms with Crippen LogP contribution in [0.5, 0.6) is 0 Å². The van der Waals surface area contributed by atoms with Gasteiger partial charge < -0.3 is 4.90 Å². The molecule has 0 heterocycles. The van der Waals surface area contributed by atoms with Crippen LogP contribution < -0.4 is 4.90 Å². The lowest BCUT2D eigenvalue weighted by Gasteiger charge is -2.27. The van der Waals surface area contributed by atoms with Crippen LogP contribution in [0.25, 0.3) is 86.9 Å². The van der Waals surface area contributed by atoms with Gasteiger partial charge >= 0.3 is 0 Å². The zero-order valence-corrected chi connectivity index (χ0v) is 28.7. The fourth-order valence-corrected chi connectivity index (χ4v) is 8.73. The van der Waals surface area contributed by atoms with Crippen molar-refractivity contribution in [3.05, 3.63) is 188 Å². The van der Waals surface area contributed by atoms with Gasteiger partial charge in [-0.25, -0.2) is 0 Å². The second-order valence-corrected chi connectivity index (χ2v) is 14.0. The molecule has 0 fully saturated rings. The Hall–Kier alpha value is -7.21. The van der Waals surface area contributed by atoms with E-state index in [1.165, 1.54) is 75.8 Å². The molecule has 2 nitrogen and oxygen atoms in total. The maximum absolute atomic E-state index is 9.64. The SMILES string of the molecule is N#Cc1ccc(N(c2cccc(-c3ccc4ccc5cccc6ccc3c4c56)c2)c2cccc(-c3ccc4ccc5cccc6ccc3c4c56)c2)cc1. The summed E-state index contributed by atoms with van der Waals surface area (Å²) >= 11 is 0. The maximum Gasteiger partial charge on any atom is 0.0991 e. The number of benzene rings is 11. The van der Waals surface area contributed by atoms with Crippen LogP contribution in [0.4, 0.5) is 17.1 Å². The normalized spacial score (nSPS) is 11.8. The molecule has 244 valence electrons. The highest BCUT2D eigenvalue weighted by Gasteiger charge is 2.18. The van der Waals surface area contributed by atoms with Crippen LogP contribution in [0.1, 0.15) is 5.56 Å². The predicted octanol–water partition coefficient (Wildman–Crippen LogP) is 14.2. The number of rotatable bonds is 5. The van der Waals surface area contributed by atoms with Crippen LogP contribution in [0.15, 0.2) is 182 Å². The summed E-state index contributed by atoms with van der Waals surface area (Å²) in [5.74, 6) is 0. The fourth-order valence-electron chi connectivity index (χ4n) is 8.73. The maximum atomic E-state index is 9.64. The Balaban J connectivity index is 1.09. The van der Waals surface area contributed by atoms with Crippen molar-refractivity contribution in [3.8, 4) is 28.3 Å². The molecule has 0 aliphatic heterocycles. The van der Waals surface area contributed by atoms with Gasteiger partial charge in [0.05, 0.1) is 11.6 Å². The highest BCUT2D eigenvalue weighted by atomic mass is 15.1. The lowest BCUT2D eigenvalue weighted by Crippen LogP contribution is -2.10. The molecule has 0 spiro atoms. The zero-order valence-electron chi connectivity index (χ0n) is 28.7. The molecule has 0 unspecified atom stereocenters. The summed E-state index contributed by atoms with van der Waals surface area (Å²) < 4.78 is 0. The molecule has 0 radical (unpaired) electrons. The Morgan fingerprint density at radius 1 is 0.340 bits per heavy atom. The minimum atomic E-state index is 0.637. The lowest BCUT2D eigenvalue weighted by atomic mass is 9.89. The van der Waals surface area contributed by atoms with Crippen LogP contribution in [-0.2, 0) is 0 Å². The Morgan fingerprint density at radius 2 is 0.736 bits per heavy atom. The van der Waals surface area contributed by atoms with E-state index in [2.05, 4.69) is 169 Å². The molecular weight excluding hydrogens is 641 g/mol. The lowest BCUT2D eigenvalue weighted by molar-refractivity contribution is 1.28. The fraction of sp³-hybridized carbons (Fsp3) is 0. The highest BCUT2D eigenvalue weighted by Crippen LogP contribution is 2.44. The van der Waals surface area contributed by atoms with E-state index in [0.717, 1.165) is 28.2 Å². The molecule has 53 heavy (non-hydrogen) atoms. The van der Waals surface area contributed by atoms with E-state index < -0.39 is 0 Å². The minimum absolute atomic E-state index is 0.637. The molecule has 0 atom stereocenters. The van der Waals surface area contributed by atoms with Gasteiger partial charge in [-0.2, -0.15) is 5.26 Å². The van der Waals surface area contributed by atoms with Crippen LogP contribution in [0.2, 0.25) is 0 Å². The van der Waals surface area contributed by atoms with Gasteiger partial charge in [0.25, 0.3) is 0 Å². The topological polar surface area (TPSA) is 27.0 Å². The van der Waals surface area contributed by atoms with E-state index in [-0.39, 0.29) is 0 Å². The Morgan fingerprint density at radius 3 is 1.19 bits per heavy atom. The van der Waals surface area contributed by atoms with Gasteiger partial charge in [-0.3, -0.25) is 0 Å². The molecular formula is C51H30N2. The van der Waals surface area contributed by atoms with E-state index in [9.17, 15) is 5.26 Å². The third-order valence-corrected chi connectivity index (χ3v) is 11.1. The van der Waals surface area contributed by atoms with Gasteiger partial charge in [0.1, 0.15) is 0 Å². The van der Waals surface area contributed by atoms with Crippen LogP contribution >= 0.6 is 0 Å². The zero-order chi connectivity index (χ0) is 35.0. The minimum Gasteiger partial charge on any atom is -0.310 e. The van der Waals surface area contributed by atoms with Crippen molar-refractivity contribution in [3.63, 3.8) is 0 Å². The second-order valence-electron chi connectivity index (χ2n) is 14.0. The first-order valence-corrected chi connectivity index (χ1v) is 18.1. The van der Waals surface area contributed by atoms with E-state index in [1.54, 1.807) is 0 Å². The van der Waals surface area contributed by atoms with E-state index in [4.69, 9.17) is 0 Å². The molecule has 0 aromatic heterocycles. The highest BCUT2D eigenvalue weighted by molar-refractivity contribution is 6.26. The summed E-state index contributed by atoms with van der Waals surface area (Å²) in [5, 5.41) is 25.0. The second kappa shape index (κ2) is 11.4. The first-order chi connectivity index (χ1) is 26.2. The van der Waals surface area contributed by atoms with Gasteiger partial charge in [-0.05, 0) is 135 Å². The summed E-state index contributed by atoms with van der Waals surface area (Å²) in [4.78, 5) is 2.31. The van der Waals surface area contributed by atoms with Crippen molar-refractivity contribution >= 4 is 81.7 Å². The van der Waals surface area contributed by atoms with E-state index in [0.29, 0.717) is 5.56 Å². The summed E-state index contributed by atoms with van der Waals surface area (Å²) in [6.07, 6.45) is 0. The van der Waals surface area contributed by atoms with Crippen molar-refractivity contribution in [1.29, 1.82) is 5.26 Å². The molecule has 0 aliphatic carbocycles. The van der Waals surface area contributed by atoms with Crippen molar-refractivity contribution < 1.29 is 0 Å². The Kier molecular flexibility index (Phi) is 6.35. The molecule has 11 aromatic rings. The van der Waals surface area contributed by atoms with E-state index >= 15 is 0 Å². The van der Waals surface area contributed by atoms with Crippen molar-refractivity contribution in [1.82, 2.24) is 0 Å². The first-order valence-electron chi connectivity index (χ1n) is 18.1. The number of nitrogens with zero attached hydrogens (tertiary/aromatic N) is 2. The molecule has 0 bridgehead atoms. The van der Waals surface area contributed by atoms with E-state index in [1.807, 2.05) is 24.3 Å². The molecule has 0 amide bonds. The molecule has 0 saturated carbocycles. The Bertz CT molecular complexity index is 3020. The number of anilines is 3.